The van der Waals surface area contributed by atoms with Crippen LogP contribution in [0.1, 0.15) is 41.1 Å². The summed E-state index contributed by atoms with van der Waals surface area (Å²) >= 11 is 0. The summed E-state index contributed by atoms with van der Waals surface area (Å²) in [6.07, 6.45) is 4.16. The molecule has 1 amide bonds. The number of carbonyl (C=O) groups excluding carboxylic acids is 1. The van der Waals surface area contributed by atoms with E-state index in [0.29, 0.717) is 0 Å². The maximum Gasteiger partial charge on any atom is 0.279 e. The van der Waals surface area contributed by atoms with Crippen LogP contribution < -0.4 is 10.6 Å². The van der Waals surface area contributed by atoms with Gasteiger partial charge in [0.05, 0.1) is 6.04 Å². The summed E-state index contributed by atoms with van der Waals surface area (Å²) in [5.41, 5.74) is 5.38. The van der Waals surface area contributed by atoms with Gasteiger partial charge in [-0.15, -0.1) is 0 Å². The first-order valence-corrected chi connectivity index (χ1v) is 8.59. The third kappa shape index (κ3) is 2.89. The van der Waals surface area contributed by atoms with Crippen LogP contribution in [0.3, 0.4) is 0 Å². The average molecular weight is 307 g/mol. The number of fused-ring (bicyclic) bond motifs is 2. The van der Waals surface area contributed by atoms with Gasteiger partial charge in [0.25, 0.3) is 5.91 Å². The van der Waals surface area contributed by atoms with Gasteiger partial charge in [0.1, 0.15) is 6.54 Å². The van der Waals surface area contributed by atoms with Gasteiger partial charge in [0.15, 0.2) is 6.04 Å². The largest absolute Gasteiger partial charge is 0.344 e. The highest BCUT2D eigenvalue weighted by Gasteiger charge is 2.30. The normalized spacial score (nSPS) is 22.8. The number of rotatable bonds is 2. The van der Waals surface area contributed by atoms with E-state index in [4.69, 9.17) is 0 Å². The summed E-state index contributed by atoms with van der Waals surface area (Å²) in [6.45, 7) is 0.898. The highest BCUT2D eigenvalue weighted by atomic mass is 16.2. The molecular weight excluding hydrogens is 284 g/mol. The first-order valence-electron chi connectivity index (χ1n) is 8.59. The molecule has 0 aromatic heterocycles. The molecule has 3 nitrogen and oxygen atoms in total. The minimum Gasteiger partial charge on any atom is -0.344 e. The van der Waals surface area contributed by atoms with Crippen molar-refractivity contribution in [1.29, 1.82) is 0 Å². The molecular formula is C20H23N2O+. The smallest absolute Gasteiger partial charge is 0.279 e. The maximum atomic E-state index is 12.7. The SMILES string of the molecule is O=C(N[C@@H]1CCCc2ccccc21)[C@@H]1Cc2ccccc2C[NH2+]1. The molecule has 1 aliphatic carbocycles. The first kappa shape index (κ1) is 14.5. The van der Waals surface area contributed by atoms with Gasteiger partial charge in [-0.25, -0.2) is 0 Å². The van der Waals surface area contributed by atoms with E-state index in [-0.39, 0.29) is 18.0 Å². The molecule has 118 valence electrons. The molecule has 0 fully saturated rings. The molecule has 0 unspecified atom stereocenters. The fraction of sp³-hybridized carbons (Fsp3) is 0.350. The van der Waals surface area contributed by atoms with E-state index in [1.165, 1.54) is 22.3 Å². The fourth-order valence-corrected chi connectivity index (χ4v) is 3.93. The lowest BCUT2D eigenvalue weighted by Gasteiger charge is -2.29. The standard InChI is InChI=1S/C20H22N2O/c23-20(19-12-15-7-1-2-8-16(15)13-21-19)22-18-11-5-9-14-6-3-4-10-17(14)18/h1-4,6-8,10,18-19,21H,5,9,11-13H2,(H,22,23)/p+1/t18-,19+/m1/s1. The predicted molar refractivity (Wildman–Crippen MR) is 89.8 cm³/mol. The van der Waals surface area contributed by atoms with Crippen molar-refractivity contribution in [3.8, 4) is 0 Å². The van der Waals surface area contributed by atoms with Crippen molar-refractivity contribution in [1.82, 2.24) is 5.32 Å². The van der Waals surface area contributed by atoms with Gasteiger partial charge in [-0.05, 0) is 36.0 Å². The Morgan fingerprint density at radius 1 is 1.00 bits per heavy atom. The molecule has 1 aliphatic heterocycles. The molecule has 0 bridgehead atoms. The predicted octanol–water partition coefficient (Wildman–Crippen LogP) is 1.87. The zero-order valence-electron chi connectivity index (χ0n) is 13.3. The molecule has 2 aromatic carbocycles. The Morgan fingerprint density at radius 3 is 2.61 bits per heavy atom. The molecule has 0 radical (unpaired) electrons. The number of hydrogen-bond donors (Lipinski definition) is 2. The number of carbonyl (C=O) groups is 1. The summed E-state index contributed by atoms with van der Waals surface area (Å²) in [7, 11) is 0. The van der Waals surface area contributed by atoms with Crippen molar-refractivity contribution >= 4 is 5.91 Å². The number of amides is 1. The van der Waals surface area contributed by atoms with E-state index >= 15 is 0 Å². The van der Waals surface area contributed by atoms with Gasteiger partial charge in [-0.2, -0.15) is 0 Å². The Labute approximate surface area is 137 Å². The third-order valence-corrected chi connectivity index (χ3v) is 5.20. The van der Waals surface area contributed by atoms with Gasteiger partial charge >= 0.3 is 0 Å². The highest BCUT2D eigenvalue weighted by Crippen LogP contribution is 2.29. The van der Waals surface area contributed by atoms with Crippen LogP contribution in [0.15, 0.2) is 48.5 Å². The molecule has 2 aromatic rings. The molecule has 3 heteroatoms. The van der Waals surface area contributed by atoms with Crippen LogP contribution in [0, 0.1) is 0 Å². The van der Waals surface area contributed by atoms with E-state index in [1.807, 2.05) is 0 Å². The second-order valence-electron chi connectivity index (χ2n) is 6.67. The molecule has 1 heterocycles. The molecule has 3 N–H and O–H groups in total. The first-order chi connectivity index (χ1) is 11.3. The minimum absolute atomic E-state index is 0.000936. The monoisotopic (exact) mass is 307 g/mol. The zero-order chi connectivity index (χ0) is 15.6. The maximum absolute atomic E-state index is 12.7. The van der Waals surface area contributed by atoms with Crippen molar-refractivity contribution < 1.29 is 10.1 Å². The van der Waals surface area contributed by atoms with Gasteiger partial charge in [0, 0.05) is 12.0 Å². The quantitative estimate of drug-likeness (QED) is 0.874. The van der Waals surface area contributed by atoms with Crippen molar-refractivity contribution in [2.75, 3.05) is 0 Å². The Bertz CT molecular complexity index is 725. The summed E-state index contributed by atoms with van der Waals surface area (Å²) in [6, 6.07) is 17.2. The van der Waals surface area contributed by atoms with Gasteiger partial charge in [-0.3, -0.25) is 4.79 Å². The summed E-state index contributed by atoms with van der Waals surface area (Å²) in [5.74, 6) is 0.182. The van der Waals surface area contributed by atoms with Gasteiger partial charge < -0.3 is 10.6 Å². The second-order valence-corrected chi connectivity index (χ2v) is 6.67. The van der Waals surface area contributed by atoms with Crippen LogP contribution >= 0.6 is 0 Å². The van der Waals surface area contributed by atoms with E-state index in [1.54, 1.807) is 0 Å². The summed E-state index contributed by atoms with van der Waals surface area (Å²) < 4.78 is 0. The summed E-state index contributed by atoms with van der Waals surface area (Å²) in [5, 5.41) is 5.48. The van der Waals surface area contributed by atoms with E-state index < -0.39 is 0 Å². The Morgan fingerprint density at radius 2 is 1.74 bits per heavy atom. The van der Waals surface area contributed by atoms with Crippen LogP contribution in [0.25, 0.3) is 0 Å². The van der Waals surface area contributed by atoms with Crippen molar-refractivity contribution in [2.45, 2.75) is 44.3 Å². The number of aryl methyl sites for hydroxylation is 1. The topological polar surface area (TPSA) is 45.7 Å². The molecule has 2 atom stereocenters. The lowest BCUT2D eigenvalue weighted by atomic mass is 9.87. The average Bonchev–Trinajstić information content (AvgIpc) is 2.61. The highest BCUT2D eigenvalue weighted by molar-refractivity contribution is 5.81. The molecule has 4 rings (SSSR count). The number of benzene rings is 2. The van der Waals surface area contributed by atoms with Crippen LogP contribution in [0.2, 0.25) is 0 Å². The van der Waals surface area contributed by atoms with Crippen molar-refractivity contribution in [2.24, 2.45) is 0 Å². The number of nitrogens with two attached hydrogens (primary N) is 1. The lowest BCUT2D eigenvalue weighted by molar-refractivity contribution is -0.695. The molecule has 0 saturated heterocycles. The van der Waals surface area contributed by atoms with Crippen LogP contribution in [-0.2, 0) is 24.2 Å². The van der Waals surface area contributed by atoms with Crippen LogP contribution in [0.4, 0.5) is 0 Å². The fourth-order valence-electron chi connectivity index (χ4n) is 3.93. The molecule has 0 spiro atoms. The molecule has 0 saturated carbocycles. The Kier molecular flexibility index (Phi) is 3.88. The molecule has 23 heavy (non-hydrogen) atoms. The Balaban J connectivity index is 1.47. The van der Waals surface area contributed by atoms with Crippen molar-refractivity contribution in [3.05, 3.63) is 70.8 Å². The summed E-state index contributed by atoms with van der Waals surface area (Å²) in [4.78, 5) is 12.7. The van der Waals surface area contributed by atoms with Crippen LogP contribution in [-0.4, -0.2) is 11.9 Å². The van der Waals surface area contributed by atoms with Crippen LogP contribution in [0.5, 0.6) is 0 Å². The third-order valence-electron chi connectivity index (χ3n) is 5.20. The van der Waals surface area contributed by atoms with Crippen molar-refractivity contribution in [3.63, 3.8) is 0 Å². The van der Waals surface area contributed by atoms with E-state index in [2.05, 4.69) is 59.2 Å². The molecule has 2 aliphatic rings. The van der Waals surface area contributed by atoms with Gasteiger partial charge in [0.2, 0.25) is 0 Å². The number of hydrogen-bond acceptors (Lipinski definition) is 1. The van der Waals surface area contributed by atoms with E-state index in [0.717, 1.165) is 32.2 Å². The minimum atomic E-state index is -0.000936. The zero-order valence-corrected chi connectivity index (χ0v) is 13.3. The second kappa shape index (κ2) is 6.17. The lowest BCUT2D eigenvalue weighted by Crippen LogP contribution is -2.93. The number of quaternary nitrogens is 1. The number of nitrogens with one attached hydrogen (secondary N) is 1. The van der Waals surface area contributed by atoms with Gasteiger partial charge in [-0.1, -0.05) is 48.5 Å². The van der Waals surface area contributed by atoms with E-state index in [9.17, 15) is 4.79 Å². The Hall–Kier alpha value is -2.13.